The quantitative estimate of drug-likeness (QED) is 0.551. The zero-order valence-electron chi connectivity index (χ0n) is 6.28. The second-order valence-corrected chi connectivity index (χ2v) is 2.12. The Labute approximate surface area is 65.8 Å². The van der Waals surface area contributed by atoms with Gasteiger partial charge in [0.1, 0.15) is 0 Å². The van der Waals surface area contributed by atoms with Crippen LogP contribution in [0.2, 0.25) is 0 Å². The van der Waals surface area contributed by atoms with Crippen LogP contribution in [0.5, 0.6) is 0 Å². The maximum absolute atomic E-state index is 8.47. The van der Waals surface area contributed by atoms with Gasteiger partial charge in [0.05, 0.1) is 11.6 Å². The largest absolute Gasteiger partial charge is 0.296 e. The molecule has 0 heterocycles. The molecule has 1 rings (SSSR count). The highest BCUT2D eigenvalue weighted by Gasteiger charge is 1.88. The third kappa shape index (κ3) is 1.91. The Kier molecular flexibility index (Phi) is 2.40. The van der Waals surface area contributed by atoms with Gasteiger partial charge in [-0.2, -0.15) is 5.26 Å². The first-order valence-electron chi connectivity index (χ1n) is 3.29. The molecule has 2 heteroatoms. The molecule has 0 aliphatic heterocycles. The molecule has 0 N–H and O–H groups in total. The van der Waals surface area contributed by atoms with Gasteiger partial charge < -0.3 is 0 Å². The lowest BCUT2D eigenvalue weighted by Crippen LogP contribution is -1.80. The minimum atomic E-state index is 0.679. The fourth-order valence-corrected chi connectivity index (χ4v) is 0.793. The molecule has 0 spiro atoms. The van der Waals surface area contributed by atoms with Gasteiger partial charge >= 0.3 is 0 Å². The lowest BCUT2D eigenvalue weighted by Gasteiger charge is -1.90. The van der Waals surface area contributed by atoms with Crippen molar-refractivity contribution in [3.8, 4) is 6.07 Å². The van der Waals surface area contributed by atoms with Gasteiger partial charge in [-0.05, 0) is 17.7 Å². The normalized spacial score (nSPS) is 9.82. The first kappa shape index (κ1) is 7.49. The van der Waals surface area contributed by atoms with Crippen LogP contribution >= 0.6 is 0 Å². The lowest BCUT2D eigenvalue weighted by atomic mass is 10.2. The first-order valence-corrected chi connectivity index (χ1v) is 3.29. The van der Waals surface area contributed by atoms with Gasteiger partial charge in [-0.3, -0.25) is 4.99 Å². The van der Waals surface area contributed by atoms with Gasteiger partial charge in [0.15, 0.2) is 0 Å². The Bertz CT molecular complexity index is 290. The standard InChI is InChI=1S/C9H8N2/c1-11-7-9-4-2-8(6-10)3-5-9/h2-5,7H,1H3. The summed E-state index contributed by atoms with van der Waals surface area (Å²) >= 11 is 0. The summed E-state index contributed by atoms with van der Waals surface area (Å²) in [5.74, 6) is 0. The minimum Gasteiger partial charge on any atom is -0.296 e. The molecule has 1 aromatic carbocycles. The molecule has 0 amide bonds. The van der Waals surface area contributed by atoms with Crippen LogP contribution in [-0.2, 0) is 0 Å². The van der Waals surface area contributed by atoms with E-state index < -0.39 is 0 Å². The van der Waals surface area contributed by atoms with E-state index in [0.717, 1.165) is 5.56 Å². The summed E-state index contributed by atoms with van der Waals surface area (Å²) in [5, 5.41) is 8.47. The van der Waals surface area contributed by atoms with Gasteiger partial charge in [-0.25, -0.2) is 0 Å². The van der Waals surface area contributed by atoms with E-state index in [1.807, 2.05) is 12.1 Å². The smallest absolute Gasteiger partial charge is 0.0991 e. The van der Waals surface area contributed by atoms with Crippen molar-refractivity contribution in [1.29, 1.82) is 5.26 Å². The molecule has 0 saturated heterocycles. The SMILES string of the molecule is CN=Cc1ccc(C#N)cc1. The Morgan fingerprint density at radius 2 is 2.00 bits per heavy atom. The van der Waals surface area contributed by atoms with Gasteiger partial charge in [-0.15, -0.1) is 0 Å². The lowest BCUT2D eigenvalue weighted by molar-refractivity contribution is 1.45. The third-order valence-corrected chi connectivity index (χ3v) is 1.32. The van der Waals surface area contributed by atoms with Crippen LogP contribution in [0.3, 0.4) is 0 Å². The summed E-state index contributed by atoms with van der Waals surface area (Å²) in [6.45, 7) is 0. The second-order valence-electron chi connectivity index (χ2n) is 2.12. The van der Waals surface area contributed by atoms with Gasteiger partial charge in [0.2, 0.25) is 0 Å². The molecular formula is C9H8N2. The number of aliphatic imine (C=N–C) groups is 1. The van der Waals surface area contributed by atoms with Crippen molar-refractivity contribution in [2.75, 3.05) is 7.05 Å². The molecule has 11 heavy (non-hydrogen) atoms. The Morgan fingerprint density at radius 3 is 2.45 bits per heavy atom. The average molecular weight is 144 g/mol. The number of hydrogen-bond donors (Lipinski definition) is 0. The van der Waals surface area contributed by atoms with Crippen molar-refractivity contribution in [3.05, 3.63) is 35.4 Å². The van der Waals surface area contributed by atoms with Gasteiger partial charge in [0.25, 0.3) is 0 Å². The van der Waals surface area contributed by atoms with E-state index in [1.54, 1.807) is 25.4 Å². The second kappa shape index (κ2) is 3.52. The van der Waals surface area contributed by atoms with Crippen LogP contribution in [0.25, 0.3) is 0 Å². The van der Waals surface area contributed by atoms with Crippen LogP contribution in [0.15, 0.2) is 29.3 Å². The summed E-state index contributed by atoms with van der Waals surface area (Å²) in [5.41, 5.74) is 1.70. The van der Waals surface area contributed by atoms with Crippen molar-refractivity contribution in [1.82, 2.24) is 0 Å². The molecule has 0 unspecified atom stereocenters. The van der Waals surface area contributed by atoms with Crippen LogP contribution in [0.1, 0.15) is 11.1 Å². The van der Waals surface area contributed by atoms with Crippen molar-refractivity contribution in [2.24, 2.45) is 4.99 Å². The molecule has 2 nitrogen and oxygen atoms in total. The predicted octanol–water partition coefficient (Wildman–Crippen LogP) is 1.61. The molecule has 0 saturated carbocycles. The average Bonchev–Trinajstić information content (AvgIpc) is 2.07. The third-order valence-electron chi connectivity index (χ3n) is 1.32. The van der Waals surface area contributed by atoms with Crippen molar-refractivity contribution < 1.29 is 0 Å². The van der Waals surface area contributed by atoms with E-state index in [9.17, 15) is 0 Å². The summed E-state index contributed by atoms with van der Waals surface area (Å²) in [7, 11) is 1.72. The summed E-state index contributed by atoms with van der Waals surface area (Å²) in [6, 6.07) is 9.33. The maximum Gasteiger partial charge on any atom is 0.0991 e. The molecule has 0 aromatic heterocycles. The molecule has 0 radical (unpaired) electrons. The Morgan fingerprint density at radius 1 is 1.36 bits per heavy atom. The highest BCUT2D eigenvalue weighted by molar-refractivity contribution is 5.79. The molecular weight excluding hydrogens is 136 g/mol. The van der Waals surface area contributed by atoms with Gasteiger partial charge in [-0.1, -0.05) is 12.1 Å². The topological polar surface area (TPSA) is 36.1 Å². The minimum absolute atomic E-state index is 0.679. The van der Waals surface area contributed by atoms with E-state index in [0.29, 0.717) is 5.56 Å². The molecule has 0 atom stereocenters. The number of rotatable bonds is 1. The zero-order chi connectivity index (χ0) is 8.10. The molecule has 0 aliphatic rings. The van der Waals surface area contributed by atoms with Crippen LogP contribution < -0.4 is 0 Å². The van der Waals surface area contributed by atoms with E-state index >= 15 is 0 Å². The molecule has 54 valence electrons. The van der Waals surface area contributed by atoms with E-state index in [2.05, 4.69) is 11.1 Å². The van der Waals surface area contributed by atoms with Crippen LogP contribution in [-0.4, -0.2) is 13.3 Å². The zero-order valence-corrected chi connectivity index (χ0v) is 6.28. The van der Waals surface area contributed by atoms with E-state index in [4.69, 9.17) is 5.26 Å². The van der Waals surface area contributed by atoms with E-state index in [1.165, 1.54) is 0 Å². The highest BCUT2D eigenvalue weighted by Crippen LogP contribution is 1.99. The number of hydrogen-bond acceptors (Lipinski definition) is 2. The highest BCUT2D eigenvalue weighted by atomic mass is 14.6. The number of benzene rings is 1. The Hall–Kier alpha value is -1.62. The fourth-order valence-electron chi connectivity index (χ4n) is 0.793. The van der Waals surface area contributed by atoms with Crippen molar-refractivity contribution in [3.63, 3.8) is 0 Å². The molecule has 1 aromatic rings. The number of nitriles is 1. The van der Waals surface area contributed by atoms with Crippen LogP contribution in [0.4, 0.5) is 0 Å². The summed E-state index contributed by atoms with van der Waals surface area (Å²) in [6.07, 6.45) is 1.75. The first-order chi connectivity index (χ1) is 5.36. The maximum atomic E-state index is 8.47. The van der Waals surface area contributed by atoms with Gasteiger partial charge in [0, 0.05) is 13.3 Å². The molecule has 0 fully saturated rings. The summed E-state index contributed by atoms with van der Waals surface area (Å²) < 4.78 is 0. The van der Waals surface area contributed by atoms with Crippen molar-refractivity contribution in [2.45, 2.75) is 0 Å². The molecule has 0 bridgehead atoms. The number of nitrogens with zero attached hydrogens (tertiary/aromatic N) is 2. The predicted molar refractivity (Wildman–Crippen MR) is 44.7 cm³/mol. The monoisotopic (exact) mass is 144 g/mol. The Balaban J connectivity index is 2.94. The summed E-state index contributed by atoms with van der Waals surface area (Å²) in [4.78, 5) is 3.85. The molecule has 0 aliphatic carbocycles. The van der Waals surface area contributed by atoms with E-state index in [-0.39, 0.29) is 0 Å². The fraction of sp³-hybridized carbons (Fsp3) is 0.111. The van der Waals surface area contributed by atoms with Crippen molar-refractivity contribution >= 4 is 6.21 Å². The van der Waals surface area contributed by atoms with Crippen LogP contribution in [0, 0.1) is 11.3 Å².